The van der Waals surface area contributed by atoms with Crippen molar-refractivity contribution in [2.24, 2.45) is 5.92 Å². The highest BCUT2D eigenvalue weighted by atomic mass is 16.5. The molecule has 0 bridgehead atoms. The molecule has 0 saturated carbocycles. The van der Waals surface area contributed by atoms with Crippen LogP contribution in [0.3, 0.4) is 0 Å². The molecule has 0 rings (SSSR count). The Hall–Kier alpha value is -0.120. The predicted molar refractivity (Wildman–Crippen MR) is 71.0 cm³/mol. The predicted octanol–water partition coefficient (Wildman–Crippen LogP) is 2.74. The summed E-state index contributed by atoms with van der Waals surface area (Å²) in [7, 11) is 0. The molecule has 104 valence electrons. The average molecular weight is 246 g/mol. The van der Waals surface area contributed by atoms with Gasteiger partial charge in [-0.25, -0.2) is 0 Å². The van der Waals surface area contributed by atoms with Crippen LogP contribution in [0.25, 0.3) is 0 Å². The fraction of sp³-hybridized carbons (Fsp3) is 1.00. The van der Waals surface area contributed by atoms with Gasteiger partial charge in [-0.05, 0) is 25.7 Å². The maximum Gasteiger partial charge on any atom is 0.0801 e. The van der Waals surface area contributed by atoms with E-state index in [4.69, 9.17) is 9.84 Å². The van der Waals surface area contributed by atoms with Crippen LogP contribution in [0.4, 0.5) is 0 Å². The molecule has 0 amide bonds. The molecule has 0 spiro atoms. The number of unbranched alkanes of at least 4 members (excludes halogenated alkanes) is 2. The lowest BCUT2D eigenvalue weighted by Gasteiger charge is -2.24. The van der Waals surface area contributed by atoms with Gasteiger partial charge in [0.1, 0.15) is 0 Å². The monoisotopic (exact) mass is 246 g/mol. The molecule has 0 aromatic heterocycles. The van der Waals surface area contributed by atoms with Crippen LogP contribution in [0.5, 0.6) is 0 Å². The molecule has 3 nitrogen and oxygen atoms in total. The van der Waals surface area contributed by atoms with Gasteiger partial charge in [-0.2, -0.15) is 0 Å². The minimum atomic E-state index is -0.387. The Morgan fingerprint density at radius 1 is 1.06 bits per heavy atom. The first-order valence-electron chi connectivity index (χ1n) is 7.06. The van der Waals surface area contributed by atoms with Gasteiger partial charge >= 0.3 is 0 Å². The summed E-state index contributed by atoms with van der Waals surface area (Å²) in [5, 5.41) is 19.0. The van der Waals surface area contributed by atoms with E-state index in [-0.39, 0.29) is 18.8 Å². The highest BCUT2D eigenvalue weighted by Crippen LogP contribution is 2.20. The fourth-order valence-electron chi connectivity index (χ4n) is 1.91. The van der Waals surface area contributed by atoms with E-state index in [1.54, 1.807) is 0 Å². The number of hydrogen-bond donors (Lipinski definition) is 2. The second-order valence-corrected chi connectivity index (χ2v) is 4.94. The largest absolute Gasteiger partial charge is 0.394 e. The maximum absolute atomic E-state index is 10.1. The quantitative estimate of drug-likeness (QED) is 0.589. The van der Waals surface area contributed by atoms with Crippen molar-refractivity contribution in [1.82, 2.24) is 0 Å². The van der Waals surface area contributed by atoms with Crippen LogP contribution in [-0.2, 0) is 4.74 Å². The molecule has 3 heteroatoms. The van der Waals surface area contributed by atoms with Crippen molar-refractivity contribution in [2.75, 3.05) is 13.2 Å². The smallest absolute Gasteiger partial charge is 0.0801 e. The van der Waals surface area contributed by atoms with Crippen molar-refractivity contribution >= 4 is 0 Å². The third-order valence-electron chi connectivity index (χ3n) is 3.21. The number of aliphatic hydroxyl groups is 2. The summed E-state index contributed by atoms with van der Waals surface area (Å²) in [5.41, 5.74) is 0. The Kier molecular flexibility index (Phi) is 10.9. The highest BCUT2D eigenvalue weighted by Gasteiger charge is 2.19. The van der Waals surface area contributed by atoms with Crippen molar-refractivity contribution in [3.8, 4) is 0 Å². The van der Waals surface area contributed by atoms with E-state index >= 15 is 0 Å². The number of rotatable bonds is 11. The van der Waals surface area contributed by atoms with Gasteiger partial charge in [0.15, 0.2) is 0 Å². The summed E-state index contributed by atoms with van der Waals surface area (Å²) in [6, 6.07) is 0. The molecule has 0 fully saturated rings. The zero-order valence-electron chi connectivity index (χ0n) is 11.7. The van der Waals surface area contributed by atoms with Gasteiger partial charge in [-0.3, -0.25) is 0 Å². The first-order chi connectivity index (χ1) is 8.15. The molecule has 2 N–H and O–H groups in total. The van der Waals surface area contributed by atoms with Gasteiger partial charge < -0.3 is 14.9 Å². The van der Waals surface area contributed by atoms with Crippen LogP contribution in [0.2, 0.25) is 0 Å². The van der Waals surface area contributed by atoms with Crippen LogP contribution in [0.1, 0.15) is 59.3 Å². The number of ether oxygens (including phenoxy) is 1. The van der Waals surface area contributed by atoms with Crippen molar-refractivity contribution in [1.29, 1.82) is 0 Å². The fourth-order valence-corrected chi connectivity index (χ4v) is 1.91. The Labute approximate surface area is 106 Å². The molecular formula is C14H30O3. The summed E-state index contributed by atoms with van der Waals surface area (Å²) in [6.07, 6.45) is 6.27. The van der Waals surface area contributed by atoms with E-state index in [0.29, 0.717) is 12.5 Å². The van der Waals surface area contributed by atoms with E-state index in [1.165, 1.54) is 25.7 Å². The van der Waals surface area contributed by atoms with Crippen molar-refractivity contribution in [3.05, 3.63) is 0 Å². The number of aliphatic hydroxyl groups excluding tert-OH is 2. The molecule has 2 unspecified atom stereocenters. The van der Waals surface area contributed by atoms with Crippen molar-refractivity contribution in [2.45, 2.75) is 71.5 Å². The van der Waals surface area contributed by atoms with Gasteiger partial charge in [-0.15, -0.1) is 0 Å². The Morgan fingerprint density at radius 2 is 1.59 bits per heavy atom. The molecular weight excluding hydrogens is 216 g/mol. The summed E-state index contributed by atoms with van der Waals surface area (Å²) >= 11 is 0. The third kappa shape index (κ3) is 8.58. The Bertz CT molecular complexity index is 154. The van der Waals surface area contributed by atoms with E-state index in [9.17, 15) is 5.11 Å². The minimum Gasteiger partial charge on any atom is -0.394 e. The lowest BCUT2D eigenvalue weighted by molar-refractivity contribution is -0.0446. The molecule has 17 heavy (non-hydrogen) atoms. The maximum atomic E-state index is 10.1. The zero-order chi connectivity index (χ0) is 13.1. The van der Waals surface area contributed by atoms with E-state index in [1.807, 2.05) is 6.92 Å². The third-order valence-corrected chi connectivity index (χ3v) is 3.21. The highest BCUT2D eigenvalue weighted by molar-refractivity contribution is 4.69. The van der Waals surface area contributed by atoms with Crippen LogP contribution in [0, 0.1) is 5.92 Å². The average Bonchev–Trinajstić information content (AvgIpc) is 2.35. The van der Waals surface area contributed by atoms with Crippen LogP contribution in [-0.4, -0.2) is 35.6 Å². The van der Waals surface area contributed by atoms with E-state index < -0.39 is 0 Å². The van der Waals surface area contributed by atoms with Gasteiger partial charge in [0.25, 0.3) is 0 Å². The molecule has 0 saturated heterocycles. The van der Waals surface area contributed by atoms with Crippen LogP contribution >= 0.6 is 0 Å². The number of hydrogen-bond acceptors (Lipinski definition) is 3. The van der Waals surface area contributed by atoms with Gasteiger partial charge in [-0.1, -0.05) is 39.5 Å². The summed E-state index contributed by atoms with van der Waals surface area (Å²) in [5.74, 6) is 0.348. The topological polar surface area (TPSA) is 49.7 Å². The van der Waals surface area contributed by atoms with Gasteiger partial charge in [0.2, 0.25) is 0 Å². The summed E-state index contributed by atoms with van der Waals surface area (Å²) in [6.45, 7) is 6.53. The van der Waals surface area contributed by atoms with Gasteiger partial charge in [0.05, 0.1) is 25.4 Å². The molecule has 0 aliphatic rings. The van der Waals surface area contributed by atoms with Crippen LogP contribution in [0.15, 0.2) is 0 Å². The summed E-state index contributed by atoms with van der Waals surface area (Å²) < 4.78 is 5.39. The molecule has 0 aliphatic heterocycles. The molecule has 0 aromatic carbocycles. The molecule has 0 radical (unpaired) electrons. The zero-order valence-corrected chi connectivity index (χ0v) is 11.7. The molecule has 0 heterocycles. The second kappa shape index (κ2) is 11.0. The van der Waals surface area contributed by atoms with Crippen molar-refractivity contribution in [3.63, 3.8) is 0 Å². The first kappa shape index (κ1) is 16.9. The van der Waals surface area contributed by atoms with Gasteiger partial charge in [0, 0.05) is 0 Å². The van der Waals surface area contributed by atoms with E-state index in [0.717, 1.165) is 12.8 Å². The Morgan fingerprint density at radius 3 is 2.00 bits per heavy atom. The van der Waals surface area contributed by atoms with Crippen LogP contribution < -0.4 is 0 Å². The Balaban J connectivity index is 3.96. The van der Waals surface area contributed by atoms with Crippen molar-refractivity contribution < 1.29 is 14.9 Å². The first-order valence-corrected chi connectivity index (χ1v) is 7.06. The van der Waals surface area contributed by atoms with E-state index in [2.05, 4.69) is 13.8 Å². The standard InChI is InChI=1S/C14H30O3/c1-4-6-8-13(9-7-5-2)14(16)11-17-12(3)10-15/h12-16H,4-11H2,1-3H3. The molecule has 2 atom stereocenters. The SMILES string of the molecule is CCCCC(CCCC)C(O)COC(C)CO. The summed E-state index contributed by atoms with van der Waals surface area (Å²) in [4.78, 5) is 0. The lowest BCUT2D eigenvalue weighted by atomic mass is 9.91. The second-order valence-electron chi connectivity index (χ2n) is 4.94. The molecule has 0 aromatic rings. The lowest BCUT2D eigenvalue weighted by Crippen LogP contribution is -2.29. The minimum absolute atomic E-state index is 0.0152. The molecule has 0 aliphatic carbocycles. The normalized spacial score (nSPS) is 15.2.